The van der Waals surface area contributed by atoms with E-state index in [-0.39, 0.29) is 6.61 Å². The molecule has 0 spiro atoms. The minimum Gasteiger partial charge on any atom is -0.463 e. The molecule has 1 aliphatic carbocycles. The number of hydrogen-bond donors (Lipinski definition) is 1. The van der Waals surface area contributed by atoms with Crippen LogP contribution < -0.4 is 4.72 Å². The smallest absolute Gasteiger partial charge is 0.335 e. The minimum atomic E-state index is -5.95. The number of carbonyl (C=O) groups excluding carboxylic acids is 1. The monoisotopic (exact) mass is 371 g/mol. The van der Waals surface area contributed by atoms with Crippen LogP contribution in [0.2, 0.25) is 6.43 Å². The second kappa shape index (κ2) is 7.31. The maximum atomic E-state index is 13.9. The largest absolute Gasteiger partial charge is 0.463 e. The van der Waals surface area contributed by atoms with Crippen molar-refractivity contribution < 1.29 is 36.1 Å². The number of nitrogens with one attached hydrogen (secondary N) is 1. The van der Waals surface area contributed by atoms with E-state index in [9.17, 15) is 17.6 Å². The van der Waals surface area contributed by atoms with Crippen molar-refractivity contribution in [1.82, 2.24) is 0 Å². The van der Waals surface area contributed by atoms with Gasteiger partial charge in [-0.3, -0.25) is 4.72 Å². The molecule has 1 aromatic carbocycles. The molecule has 0 amide bonds. The number of hydrogen-bond acceptors (Lipinski definition) is 4. The maximum absolute atomic E-state index is 13.9. The van der Waals surface area contributed by atoms with Crippen LogP contribution in [0.25, 0.3) is 0 Å². The molecular formula is C15H17ClFNO4S. The van der Waals surface area contributed by atoms with Gasteiger partial charge in [-0.15, -0.1) is 0 Å². The SMILES string of the molecule is [2H]C1=C(C(=O)OCC)[C@]([2H])(S(=O)(=O)N([2H])c2c([2H])c([2H])c(F)c([2H])c2Cl)C([2H])([2H])C([2H])([2H])C1. The van der Waals surface area contributed by atoms with Crippen molar-refractivity contribution in [1.29, 1.82) is 0 Å². The van der Waals surface area contributed by atoms with E-state index >= 15 is 0 Å². The predicted molar refractivity (Wildman–Crippen MR) is 86.3 cm³/mol. The number of rotatable bonds is 5. The van der Waals surface area contributed by atoms with E-state index in [2.05, 4.69) is 4.74 Å². The van der Waals surface area contributed by atoms with Gasteiger partial charge in [-0.1, -0.05) is 17.7 Å². The van der Waals surface area contributed by atoms with Gasteiger partial charge < -0.3 is 4.74 Å². The summed E-state index contributed by atoms with van der Waals surface area (Å²) in [5.41, 5.74) is -2.69. The Balaban J connectivity index is 2.96. The van der Waals surface area contributed by atoms with Crippen LogP contribution in [0.1, 0.15) is 38.4 Å². The standard InChI is InChI=1S/C15H17ClFNO4S/c1-2-22-15(19)11-5-3-4-6-14(11)23(20,21)18-13-8-7-10(17)9-12(13)16/h5,7-9,14,18H,2-4,6H2,1H3/t14-/m1/s1/i4D2,5D,6D2,7D,8D,9D,14D/hD. The third kappa shape index (κ3) is 4.23. The van der Waals surface area contributed by atoms with Crippen LogP contribution in [0.3, 0.4) is 0 Å². The van der Waals surface area contributed by atoms with Gasteiger partial charge >= 0.3 is 5.97 Å². The van der Waals surface area contributed by atoms with E-state index < -0.39 is 91.4 Å². The molecule has 0 aliphatic heterocycles. The molecule has 0 fully saturated rings. The normalized spacial score (nSPS) is 32.5. The van der Waals surface area contributed by atoms with Crippen molar-refractivity contribution >= 4 is 33.3 Å². The number of anilines is 1. The van der Waals surface area contributed by atoms with Gasteiger partial charge in [0.1, 0.15) is 11.0 Å². The molecule has 0 radical (unpaired) electrons. The predicted octanol–water partition coefficient (Wildman–Crippen LogP) is 3.26. The fraction of sp³-hybridized carbons (Fsp3) is 0.400. The molecule has 2 rings (SSSR count). The number of allylic oxidation sites excluding steroid dienone is 1. The molecule has 0 saturated heterocycles. The van der Waals surface area contributed by atoms with E-state index in [1.165, 1.54) is 6.92 Å². The van der Waals surface area contributed by atoms with Crippen LogP contribution >= 0.6 is 11.6 Å². The second-order valence-corrected chi connectivity index (χ2v) is 5.92. The Kier molecular flexibility index (Phi) is 2.70. The van der Waals surface area contributed by atoms with Gasteiger partial charge in [-0.05, 0) is 44.2 Å². The highest BCUT2D eigenvalue weighted by Crippen LogP contribution is 2.30. The third-order valence-electron chi connectivity index (χ3n) is 2.45. The lowest BCUT2D eigenvalue weighted by atomic mass is 9.99. The quantitative estimate of drug-likeness (QED) is 0.806. The van der Waals surface area contributed by atoms with E-state index in [0.29, 0.717) is 0 Å². The molecule has 5 nitrogen and oxygen atoms in total. The molecule has 0 bridgehead atoms. The van der Waals surface area contributed by atoms with Gasteiger partial charge in [-0.25, -0.2) is 17.6 Å². The van der Waals surface area contributed by atoms with E-state index in [1.54, 1.807) is 0 Å². The minimum absolute atomic E-state index is 0.378. The highest BCUT2D eigenvalue weighted by atomic mass is 35.5. The number of halogens is 2. The van der Waals surface area contributed by atoms with Gasteiger partial charge in [0.2, 0.25) is 10.0 Å². The molecule has 126 valence electrons. The molecule has 0 unspecified atom stereocenters. The number of benzene rings is 1. The highest BCUT2D eigenvalue weighted by Gasteiger charge is 2.35. The lowest BCUT2D eigenvalue weighted by molar-refractivity contribution is -0.138. The summed E-state index contributed by atoms with van der Waals surface area (Å²) in [6, 6.07) is -4.96. The summed E-state index contributed by atoms with van der Waals surface area (Å²) in [5.74, 6) is -3.22. The van der Waals surface area contributed by atoms with Crippen LogP contribution in [-0.2, 0) is 19.6 Å². The summed E-state index contributed by atoms with van der Waals surface area (Å²) in [6.07, 6.45) is -8.07. The topological polar surface area (TPSA) is 72.5 Å². The average Bonchev–Trinajstić information content (AvgIpc) is 2.69. The highest BCUT2D eigenvalue weighted by molar-refractivity contribution is 7.93. The van der Waals surface area contributed by atoms with Crippen LogP contribution in [0, 0.1) is 5.82 Å². The first kappa shape index (κ1) is 8.48. The van der Waals surface area contributed by atoms with Gasteiger partial charge in [0.15, 0.2) is 1.41 Å². The van der Waals surface area contributed by atoms with E-state index in [4.69, 9.17) is 25.3 Å². The number of carbonyl (C=O) groups is 1. The Morgan fingerprint density at radius 1 is 1.70 bits per heavy atom. The van der Waals surface area contributed by atoms with Crippen LogP contribution in [-0.4, -0.2) is 26.2 Å². The fourth-order valence-corrected chi connectivity index (χ4v) is 2.85. The van der Waals surface area contributed by atoms with Crippen LogP contribution in [0.5, 0.6) is 0 Å². The second-order valence-electron chi connectivity index (χ2n) is 4.00. The van der Waals surface area contributed by atoms with Gasteiger partial charge in [0.05, 0.1) is 29.7 Å². The third-order valence-corrected chi connectivity index (χ3v) is 3.97. The van der Waals surface area contributed by atoms with Gasteiger partial charge in [0.25, 0.3) is 0 Å². The Labute approximate surface area is 153 Å². The molecule has 1 aromatic rings. The van der Waals surface area contributed by atoms with Crippen molar-refractivity contribution in [2.75, 3.05) is 11.3 Å². The number of ether oxygens (including phenoxy) is 1. The molecule has 8 heteroatoms. The molecule has 0 saturated carbocycles. The summed E-state index contributed by atoms with van der Waals surface area (Å²) in [7, 11) is -5.95. The molecule has 1 N–H and O–H groups in total. The van der Waals surface area contributed by atoms with Crippen molar-refractivity contribution in [3.63, 3.8) is 0 Å². The van der Waals surface area contributed by atoms with E-state index in [1.807, 2.05) is 0 Å². The van der Waals surface area contributed by atoms with Crippen molar-refractivity contribution in [2.24, 2.45) is 0 Å². The van der Waals surface area contributed by atoms with Crippen LogP contribution in [0.4, 0.5) is 10.1 Å². The lowest BCUT2D eigenvalue weighted by Crippen LogP contribution is -2.34. The zero-order valence-electron chi connectivity index (χ0n) is 21.7. The van der Waals surface area contributed by atoms with Gasteiger partial charge in [0, 0.05) is 5.48 Å². The maximum Gasteiger partial charge on any atom is 0.335 e. The number of esters is 1. The van der Waals surface area contributed by atoms with Crippen molar-refractivity contribution in [2.45, 2.75) is 31.3 Å². The summed E-state index contributed by atoms with van der Waals surface area (Å²) in [4.78, 5) is 12.5. The molecule has 1 aliphatic rings. The lowest BCUT2D eigenvalue weighted by Gasteiger charge is -2.24. The van der Waals surface area contributed by atoms with Crippen molar-refractivity contribution in [3.05, 3.63) is 40.6 Å². The molecule has 1 atom stereocenters. The first-order chi connectivity index (χ1) is 14.8. The van der Waals surface area contributed by atoms with Gasteiger partial charge in [-0.2, -0.15) is 0 Å². The molecule has 23 heavy (non-hydrogen) atoms. The molecular weight excluding hydrogens is 345 g/mol. The zero-order valence-corrected chi connectivity index (χ0v) is 13.2. The zero-order chi connectivity index (χ0) is 25.9. The first-order valence-electron chi connectivity index (χ1n) is 11.1. The van der Waals surface area contributed by atoms with E-state index in [0.717, 1.165) is 0 Å². The molecule has 0 aromatic heterocycles. The summed E-state index contributed by atoms with van der Waals surface area (Å²) < 4.78 is 124. The Bertz CT molecular complexity index is 1130. The average molecular weight is 372 g/mol. The van der Waals surface area contributed by atoms with Crippen LogP contribution in [0.15, 0.2) is 29.8 Å². The molecule has 0 heterocycles. The summed E-state index contributed by atoms with van der Waals surface area (Å²) in [5, 5.41) is -5.15. The Morgan fingerprint density at radius 2 is 2.43 bits per heavy atom. The summed E-state index contributed by atoms with van der Waals surface area (Å²) in [6.45, 7) is 0.920. The summed E-state index contributed by atoms with van der Waals surface area (Å²) >= 11 is 5.74. The van der Waals surface area contributed by atoms with Crippen molar-refractivity contribution in [3.8, 4) is 0 Å². The Hall–Kier alpha value is -1.60. The fourth-order valence-electron chi connectivity index (χ4n) is 1.55. The first-order valence-corrected chi connectivity index (χ1v) is 8.00. The number of sulfonamides is 1. The Morgan fingerprint density at radius 3 is 3.13 bits per heavy atom.